The Morgan fingerprint density at radius 3 is 2.76 bits per heavy atom. The second-order valence-corrected chi connectivity index (χ2v) is 5.44. The largest absolute Gasteiger partial charge is 0.465 e. The van der Waals surface area contributed by atoms with Crippen LogP contribution in [0, 0.1) is 6.92 Å². The number of esters is 1. The average molecular weight is 290 g/mol. The van der Waals surface area contributed by atoms with Crippen LogP contribution in [-0.4, -0.2) is 31.1 Å². The fraction of sp³-hybridized carbons (Fsp3) is 0.500. The minimum Gasteiger partial charge on any atom is -0.465 e. The first-order chi connectivity index (χ1) is 10.0. The van der Waals surface area contributed by atoms with E-state index in [1.54, 1.807) is 12.1 Å². The van der Waals surface area contributed by atoms with E-state index in [1.807, 2.05) is 19.9 Å². The molecule has 0 aromatic heterocycles. The Bertz CT molecular complexity index is 548. The summed E-state index contributed by atoms with van der Waals surface area (Å²) >= 11 is 0. The first-order valence-corrected chi connectivity index (χ1v) is 7.28. The number of anilines is 1. The predicted molar refractivity (Wildman–Crippen MR) is 81.4 cm³/mol. The molecular weight excluding hydrogens is 268 g/mol. The molecule has 1 amide bonds. The van der Waals surface area contributed by atoms with E-state index in [4.69, 9.17) is 4.74 Å². The van der Waals surface area contributed by atoms with Gasteiger partial charge in [-0.3, -0.25) is 4.79 Å². The van der Waals surface area contributed by atoms with Crippen LogP contribution in [0.1, 0.15) is 42.1 Å². The summed E-state index contributed by atoms with van der Waals surface area (Å²) in [4.78, 5) is 24.2. The van der Waals surface area contributed by atoms with Crippen LogP contribution in [-0.2, 0) is 9.53 Å². The van der Waals surface area contributed by atoms with Crippen molar-refractivity contribution >= 4 is 17.6 Å². The smallest absolute Gasteiger partial charge is 0.337 e. The van der Waals surface area contributed by atoms with Crippen molar-refractivity contribution in [2.75, 3.05) is 19.0 Å². The number of carbonyl (C=O) groups is 2. The molecule has 5 heteroatoms. The predicted octanol–water partition coefficient (Wildman–Crippen LogP) is 2.25. The van der Waals surface area contributed by atoms with Gasteiger partial charge in [0, 0.05) is 5.69 Å². The summed E-state index contributed by atoms with van der Waals surface area (Å²) in [6, 6.07) is 5.17. The summed E-state index contributed by atoms with van der Waals surface area (Å²) in [5, 5.41) is 6.26. The van der Waals surface area contributed by atoms with Gasteiger partial charge in [0.1, 0.15) is 0 Å². The maximum atomic E-state index is 12.6. The summed E-state index contributed by atoms with van der Waals surface area (Å²) in [5.41, 5.74) is 1.52. The van der Waals surface area contributed by atoms with Crippen molar-refractivity contribution in [3.8, 4) is 0 Å². The van der Waals surface area contributed by atoms with Crippen molar-refractivity contribution in [3.05, 3.63) is 29.3 Å². The molecule has 2 rings (SSSR count). The van der Waals surface area contributed by atoms with Crippen molar-refractivity contribution in [1.29, 1.82) is 0 Å². The van der Waals surface area contributed by atoms with E-state index in [9.17, 15) is 9.59 Å². The number of ether oxygens (including phenoxy) is 1. The Morgan fingerprint density at radius 1 is 1.43 bits per heavy atom. The number of amides is 1. The van der Waals surface area contributed by atoms with Gasteiger partial charge >= 0.3 is 5.97 Å². The molecule has 1 heterocycles. The number of methoxy groups -OCH3 is 1. The van der Waals surface area contributed by atoms with Crippen molar-refractivity contribution in [2.24, 2.45) is 0 Å². The van der Waals surface area contributed by atoms with Crippen LogP contribution in [0.15, 0.2) is 18.2 Å². The lowest BCUT2D eigenvalue weighted by Gasteiger charge is -2.27. The molecular formula is C16H22N2O3. The highest BCUT2D eigenvalue weighted by Crippen LogP contribution is 2.26. The number of carbonyl (C=O) groups excluding carboxylic acids is 2. The number of benzene rings is 1. The van der Waals surface area contributed by atoms with E-state index in [2.05, 4.69) is 10.6 Å². The van der Waals surface area contributed by atoms with Crippen LogP contribution in [0.5, 0.6) is 0 Å². The van der Waals surface area contributed by atoms with Gasteiger partial charge in [0.05, 0.1) is 18.2 Å². The maximum Gasteiger partial charge on any atom is 0.337 e. The van der Waals surface area contributed by atoms with Crippen molar-refractivity contribution in [2.45, 2.75) is 38.6 Å². The zero-order valence-corrected chi connectivity index (χ0v) is 12.8. The number of hydrogen-bond donors (Lipinski definition) is 2. The van der Waals surface area contributed by atoms with E-state index >= 15 is 0 Å². The van der Waals surface area contributed by atoms with Crippen molar-refractivity contribution < 1.29 is 14.3 Å². The third-order valence-corrected chi connectivity index (χ3v) is 4.19. The number of rotatable bonds is 4. The minimum atomic E-state index is -0.492. The molecule has 2 N–H and O–H groups in total. The zero-order valence-electron chi connectivity index (χ0n) is 12.8. The molecule has 1 aromatic rings. The lowest BCUT2D eigenvalue weighted by molar-refractivity contribution is -0.122. The third kappa shape index (κ3) is 3.08. The molecule has 0 bridgehead atoms. The summed E-state index contributed by atoms with van der Waals surface area (Å²) in [5.74, 6) is -0.442. The van der Waals surface area contributed by atoms with E-state index in [0.29, 0.717) is 11.3 Å². The standard InChI is InChI=1S/C16H22N2O3/c1-4-16(8-5-9-17-16)15(20)18-13-10-12(14(19)21-3)7-6-11(13)2/h6-7,10,17H,4-5,8-9H2,1-3H3,(H,18,20). The van der Waals surface area contributed by atoms with Gasteiger partial charge in [-0.2, -0.15) is 0 Å². The molecule has 1 aliphatic heterocycles. The fourth-order valence-electron chi connectivity index (χ4n) is 2.71. The molecule has 1 unspecified atom stereocenters. The molecule has 5 nitrogen and oxygen atoms in total. The van der Waals surface area contributed by atoms with E-state index in [0.717, 1.165) is 31.4 Å². The SMILES string of the molecule is CCC1(C(=O)Nc2cc(C(=O)OC)ccc2C)CCCN1. The minimum absolute atomic E-state index is 0.0346. The second-order valence-electron chi connectivity index (χ2n) is 5.44. The van der Waals surface area contributed by atoms with E-state index in [-0.39, 0.29) is 5.91 Å². The summed E-state index contributed by atoms with van der Waals surface area (Å²) in [6.07, 6.45) is 2.59. The first-order valence-electron chi connectivity index (χ1n) is 7.28. The zero-order chi connectivity index (χ0) is 15.5. The molecule has 1 aliphatic rings. The van der Waals surface area contributed by atoms with Gasteiger partial charge in [-0.15, -0.1) is 0 Å². The van der Waals surface area contributed by atoms with Gasteiger partial charge in [-0.1, -0.05) is 13.0 Å². The van der Waals surface area contributed by atoms with Gasteiger partial charge in [-0.25, -0.2) is 4.79 Å². The molecule has 0 saturated carbocycles. The molecule has 114 valence electrons. The van der Waals surface area contributed by atoms with Crippen molar-refractivity contribution in [1.82, 2.24) is 5.32 Å². The lowest BCUT2D eigenvalue weighted by Crippen LogP contribution is -2.50. The van der Waals surface area contributed by atoms with Crippen LogP contribution in [0.3, 0.4) is 0 Å². The normalized spacial score (nSPS) is 21.1. The molecule has 0 aliphatic carbocycles. The monoisotopic (exact) mass is 290 g/mol. The van der Waals surface area contributed by atoms with Gasteiger partial charge in [0.25, 0.3) is 0 Å². The Hall–Kier alpha value is -1.88. The number of aryl methyl sites for hydroxylation is 1. The molecule has 1 atom stereocenters. The van der Waals surface area contributed by atoms with Gasteiger partial charge < -0.3 is 15.4 Å². The van der Waals surface area contributed by atoms with Crippen LogP contribution < -0.4 is 10.6 Å². The summed E-state index contributed by atoms with van der Waals surface area (Å²) in [6.45, 7) is 4.77. The third-order valence-electron chi connectivity index (χ3n) is 4.19. The Morgan fingerprint density at radius 2 is 2.19 bits per heavy atom. The maximum absolute atomic E-state index is 12.6. The lowest BCUT2D eigenvalue weighted by atomic mass is 9.93. The highest BCUT2D eigenvalue weighted by atomic mass is 16.5. The van der Waals surface area contributed by atoms with Crippen molar-refractivity contribution in [3.63, 3.8) is 0 Å². The quantitative estimate of drug-likeness (QED) is 0.835. The number of nitrogens with one attached hydrogen (secondary N) is 2. The Kier molecular flexibility index (Phi) is 4.63. The van der Waals surface area contributed by atoms with Gasteiger partial charge in [0.15, 0.2) is 0 Å². The molecule has 1 aromatic carbocycles. The molecule has 1 saturated heterocycles. The van der Waals surface area contributed by atoms with Crippen LogP contribution in [0.2, 0.25) is 0 Å². The van der Waals surface area contributed by atoms with Gasteiger partial charge in [0.2, 0.25) is 5.91 Å². The summed E-state index contributed by atoms with van der Waals surface area (Å²) < 4.78 is 4.71. The Labute approximate surface area is 125 Å². The highest BCUT2D eigenvalue weighted by Gasteiger charge is 2.39. The van der Waals surface area contributed by atoms with Crippen LogP contribution in [0.25, 0.3) is 0 Å². The molecule has 21 heavy (non-hydrogen) atoms. The van der Waals surface area contributed by atoms with Crippen LogP contribution in [0.4, 0.5) is 5.69 Å². The molecule has 1 fully saturated rings. The topological polar surface area (TPSA) is 67.4 Å². The first kappa shape index (κ1) is 15.5. The van der Waals surface area contributed by atoms with E-state index in [1.165, 1.54) is 7.11 Å². The average Bonchev–Trinajstić information content (AvgIpc) is 2.98. The van der Waals surface area contributed by atoms with Crippen LogP contribution >= 0.6 is 0 Å². The Balaban J connectivity index is 2.22. The van der Waals surface area contributed by atoms with E-state index < -0.39 is 11.5 Å². The second kappa shape index (κ2) is 6.26. The number of hydrogen-bond acceptors (Lipinski definition) is 4. The highest BCUT2D eigenvalue weighted by molar-refractivity contribution is 6.00. The molecule has 0 spiro atoms. The summed E-state index contributed by atoms with van der Waals surface area (Å²) in [7, 11) is 1.34. The fourth-order valence-corrected chi connectivity index (χ4v) is 2.71. The van der Waals surface area contributed by atoms with Gasteiger partial charge in [-0.05, 0) is 50.4 Å². The molecule has 0 radical (unpaired) electrons.